The largest absolute Gasteiger partial charge is 0.480 e. The van der Waals surface area contributed by atoms with Crippen molar-refractivity contribution in [2.45, 2.75) is 88.7 Å². The number of carbonyl (C=O) groups is 2. The van der Waals surface area contributed by atoms with Gasteiger partial charge in [-0.25, -0.2) is 4.79 Å². The molecule has 2 saturated carbocycles. The molecule has 5 rings (SSSR count). The summed E-state index contributed by atoms with van der Waals surface area (Å²) >= 11 is 0. The minimum absolute atomic E-state index is 0.191. The molecule has 6 nitrogen and oxygen atoms in total. The van der Waals surface area contributed by atoms with Crippen LogP contribution in [-0.4, -0.2) is 40.7 Å². The monoisotopic (exact) mass is 476 g/mol. The number of aromatic nitrogens is 1. The summed E-state index contributed by atoms with van der Waals surface area (Å²) in [5.41, 5.74) is 5.69. The summed E-state index contributed by atoms with van der Waals surface area (Å²) in [5.74, 6) is -0.103. The number of hydrogen-bond acceptors (Lipinski definition) is 4. The van der Waals surface area contributed by atoms with Gasteiger partial charge in [0.05, 0.1) is 6.10 Å². The molecule has 1 atom stereocenters. The van der Waals surface area contributed by atoms with Crippen molar-refractivity contribution in [2.24, 2.45) is 5.92 Å². The molecule has 0 bridgehead atoms. The number of benzene rings is 1. The van der Waals surface area contributed by atoms with Crippen LogP contribution in [0.15, 0.2) is 36.4 Å². The van der Waals surface area contributed by atoms with Crippen LogP contribution in [0, 0.1) is 5.92 Å². The lowest BCUT2D eigenvalue weighted by Gasteiger charge is -2.35. The molecule has 1 aromatic heterocycles. The number of nitrogens with one attached hydrogen (secondary N) is 1. The maximum absolute atomic E-state index is 12.5. The van der Waals surface area contributed by atoms with Gasteiger partial charge in [0.2, 0.25) is 0 Å². The van der Waals surface area contributed by atoms with Gasteiger partial charge in [0.1, 0.15) is 6.04 Å². The van der Waals surface area contributed by atoms with Crippen LogP contribution in [0.3, 0.4) is 0 Å². The van der Waals surface area contributed by atoms with Crippen molar-refractivity contribution >= 4 is 11.9 Å². The minimum atomic E-state index is -1.03. The predicted octanol–water partition coefficient (Wildman–Crippen LogP) is 4.84. The van der Waals surface area contributed by atoms with E-state index < -0.39 is 12.0 Å². The molecule has 186 valence electrons. The Morgan fingerprint density at radius 1 is 1.06 bits per heavy atom. The summed E-state index contributed by atoms with van der Waals surface area (Å²) in [6.45, 7) is 0.335. The number of aliphatic carboxylic acids is 1. The summed E-state index contributed by atoms with van der Waals surface area (Å²) < 4.78 is 5.92. The van der Waals surface area contributed by atoms with Gasteiger partial charge in [-0.3, -0.25) is 9.78 Å². The van der Waals surface area contributed by atoms with E-state index in [0.29, 0.717) is 24.0 Å². The van der Waals surface area contributed by atoms with Crippen LogP contribution in [-0.2, 0) is 28.8 Å². The first kappa shape index (κ1) is 24.0. The second kappa shape index (κ2) is 10.9. The Morgan fingerprint density at radius 2 is 1.83 bits per heavy atom. The SMILES string of the molecule is O=C(NC(CCOC1CC(CCc2ccc3c(n2)CCCC3)C1)C(=O)O)c1ccc(C2CC2)cc1. The average molecular weight is 477 g/mol. The Balaban J connectivity index is 0.998. The van der Waals surface area contributed by atoms with E-state index in [9.17, 15) is 14.7 Å². The van der Waals surface area contributed by atoms with Crippen molar-refractivity contribution < 1.29 is 19.4 Å². The molecule has 0 radical (unpaired) electrons. The Hall–Kier alpha value is -2.73. The van der Waals surface area contributed by atoms with Crippen LogP contribution in [0.1, 0.15) is 90.2 Å². The second-order valence-corrected chi connectivity index (χ2v) is 10.5. The average Bonchev–Trinajstić information content (AvgIpc) is 3.69. The Bertz CT molecular complexity index is 1040. The number of rotatable bonds is 11. The summed E-state index contributed by atoms with van der Waals surface area (Å²) in [6.07, 6.45) is 11.9. The van der Waals surface area contributed by atoms with Crippen LogP contribution in [0.4, 0.5) is 0 Å². The number of carboxylic acid groups (broad SMARTS) is 1. The highest BCUT2D eigenvalue weighted by Gasteiger charge is 2.30. The smallest absolute Gasteiger partial charge is 0.326 e. The van der Waals surface area contributed by atoms with Crippen molar-refractivity contribution in [1.82, 2.24) is 10.3 Å². The van der Waals surface area contributed by atoms with E-state index in [1.165, 1.54) is 54.6 Å². The molecule has 35 heavy (non-hydrogen) atoms. The van der Waals surface area contributed by atoms with Gasteiger partial charge in [-0.1, -0.05) is 18.2 Å². The Morgan fingerprint density at radius 3 is 2.57 bits per heavy atom. The summed E-state index contributed by atoms with van der Waals surface area (Å²) in [7, 11) is 0. The quantitative estimate of drug-likeness (QED) is 0.485. The van der Waals surface area contributed by atoms with E-state index in [-0.39, 0.29) is 18.4 Å². The van der Waals surface area contributed by atoms with Gasteiger partial charge in [0, 0.05) is 30.0 Å². The number of fused-ring (bicyclic) bond motifs is 1. The molecule has 3 aliphatic rings. The molecule has 0 saturated heterocycles. The van der Waals surface area contributed by atoms with Crippen LogP contribution in [0.25, 0.3) is 0 Å². The van der Waals surface area contributed by atoms with Gasteiger partial charge in [0.25, 0.3) is 5.91 Å². The highest BCUT2D eigenvalue weighted by molar-refractivity contribution is 5.96. The standard InChI is InChI=1S/C29H36N2O4/c32-28(23-10-8-21(9-11-23)20-6-7-20)31-27(29(33)34)15-16-35-25-17-19(18-25)5-13-24-14-12-22-3-1-2-4-26(22)30-24/h8-12,14,19-20,25,27H,1-7,13,15-18H2,(H,31,32)(H,33,34). The summed E-state index contributed by atoms with van der Waals surface area (Å²) in [6, 6.07) is 11.0. The molecular formula is C29H36N2O4. The van der Waals surface area contributed by atoms with E-state index >= 15 is 0 Å². The fourth-order valence-electron chi connectivity index (χ4n) is 5.34. The summed E-state index contributed by atoms with van der Waals surface area (Å²) in [5, 5.41) is 12.2. The molecule has 6 heteroatoms. The lowest BCUT2D eigenvalue weighted by molar-refractivity contribution is -0.140. The van der Waals surface area contributed by atoms with Crippen LogP contribution in [0.5, 0.6) is 0 Å². The Labute approximate surface area is 207 Å². The van der Waals surface area contributed by atoms with E-state index in [4.69, 9.17) is 9.72 Å². The highest BCUT2D eigenvalue weighted by atomic mass is 16.5. The van der Waals surface area contributed by atoms with Crippen LogP contribution < -0.4 is 5.32 Å². The van der Waals surface area contributed by atoms with Crippen LogP contribution in [0.2, 0.25) is 0 Å². The maximum atomic E-state index is 12.5. The number of aryl methyl sites for hydroxylation is 3. The lowest BCUT2D eigenvalue weighted by atomic mass is 9.79. The molecule has 1 amide bonds. The zero-order chi connectivity index (χ0) is 24.2. The first-order valence-electron chi connectivity index (χ1n) is 13.3. The first-order chi connectivity index (χ1) is 17.0. The van der Waals surface area contributed by atoms with Crippen molar-refractivity contribution in [3.63, 3.8) is 0 Å². The van der Waals surface area contributed by atoms with Crippen molar-refractivity contribution in [3.8, 4) is 0 Å². The fraction of sp³-hybridized carbons (Fsp3) is 0.552. The number of hydrogen-bond donors (Lipinski definition) is 2. The molecule has 0 spiro atoms. The number of carbonyl (C=O) groups excluding carboxylic acids is 1. The molecule has 2 aromatic rings. The molecule has 2 N–H and O–H groups in total. The van der Waals surface area contributed by atoms with Crippen molar-refractivity contribution in [3.05, 3.63) is 64.5 Å². The fourth-order valence-corrected chi connectivity index (χ4v) is 5.34. The minimum Gasteiger partial charge on any atom is -0.480 e. The van der Waals surface area contributed by atoms with Crippen molar-refractivity contribution in [1.29, 1.82) is 0 Å². The summed E-state index contributed by atoms with van der Waals surface area (Å²) in [4.78, 5) is 29.1. The second-order valence-electron chi connectivity index (χ2n) is 10.5. The van der Waals surface area contributed by atoms with E-state index in [2.05, 4.69) is 17.4 Å². The van der Waals surface area contributed by atoms with Gasteiger partial charge in [-0.2, -0.15) is 0 Å². The molecule has 2 fully saturated rings. The zero-order valence-corrected chi connectivity index (χ0v) is 20.4. The molecule has 0 aliphatic heterocycles. The molecule has 1 aromatic carbocycles. The third-order valence-electron chi connectivity index (χ3n) is 7.82. The number of carboxylic acids is 1. The normalized spacial score (nSPS) is 22.1. The van der Waals surface area contributed by atoms with Gasteiger partial charge >= 0.3 is 5.97 Å². The third kappa shape index (κ3) is 6.29. The lowest BCUT2D eigenvalue weighted by Crippen LogP contribution is -2.42. The number of nitrogens with zero attached hydrogens (tertiary/aromatic N) is 1. The molecule has 3 aliphatic carbocycles. The molecule has 1 unspecified atom stereocenters. The number of pyridine rings is 1. The molecule has 1 heterocycles. The van der Waals surface area contributed by atoms with Crippen molar-refractivity contribution in [2.75, 3.05) is 6.61 Å². The zero-order valence-electron chi connectivity index (χ0n) is 20.4. The van der Waals surface area contributed by atoms with E-state index in [0.717, 1.165) is 32.1 Å². The third-order valence-corrected chi connectivity index (χ3v) is 7.82. The van der Waals surface area contributed by atoms with Crippen LogP contribution >= 0.6 is 0 Å². The van der Waals surface area contributed by atoms with Gasteiger partial charge in [-0.15, -0.1) is 0 Å². The first-order valence-corrected chi connectivity index (χ1v) is 13.3. The molecular weight excluding hydrogens is 440 g/mol. The topological polar surface area (TPSA) is 88.5 Å². The Kier molecular flexibility index (Phi) is 7.47. The maximum Gasteiger partial charge on any atom is 0.326 e. The predicted molar refractivity (Wildman–Crippen MR) is 134 cm³/mol. The van der Waals surface area contributed by atoms with E-state index in [1.54, 1.807) is 12.1 Å². The number of ether oxygens (including phenoxy) is 1. The highest BCUT2D eigenvalue weighted by Crippen LogP contribution is 2.40. The van der Waals surface area contributed by atoms with Gasteiger partial charge < -0.3 is 15.2 Å². The number of amides is 1. The van der Waals surface area contributed by atoms with E-state index in [1.807, 2.05) is 12.1 Å². The van der Waals surface area contributed by atoms with Gasteiger partial charge in [0.15, 0.2) is 0 Å². The van der Waals surface area contributed by atoms with Gasteiger partial charge in [-0.05, 0) is 105 Å².